The second kappa shape index (κ2) is 9.61. The van der Waals surface area contributed by atoms with Gasteiger partial charge in [0.25, 0.3) is 10.0 Å². The van der Waals surface area contributed by atoms with E-state index in [1.165, 1.54) is 11.4 Å². The van der Waals surface area contributed by atoms with E-state index in [0.717, 1.165) is 25.9 Å². The Morgan fingerprint density at radius 3 is 2.38 bits per heavy atom. The predicted molar refractivity (Wildman–Crippen MR) is 115 cm³/mol. The van der Waals surface area contributed by atoms with Crippen LogP contribution in [0.2, 0.25) is 0 Å². The van der Waals surface area contributed by atoms with E-state index in [9.17, 15) is 13.5 Å². The zero-order chi connectivity index (χ0) is 20.9. The number of sulfonamides is 1. The summed E-state index contributed by atoms with van der Waals surface area (Å²) >= 11 is 0. The number of nitrogens with zero attached hydrogens (tertiary/aromatic N) is 2. The van der Waals surface area contributed by atoms with Crippen molar-refractivity contribution in [2.45, 2.75) is 30.8 Å². The van der Waals surface area contributed by atoms with Crippen LogP contribution in [0.4, 0.5) is 5.69 Å². The number of piperidine rings is 1. The zero-order valence-electron chi connectivity index (χ0n) is 17.1. The number of para-hydroxylation sites is 2. The maximum atomic E-state index is 13.4. The smallest absolute Gasteiger partial charge is 0.264 e. The van der Waals surface area contributed by atoms with Crippen molar-refractivity contribution in [2.75, 3.05) is 37.6 Å². The number of rotatable bonds is 8. The first-order valence-corrected chi connectivity index (χ1v) is 11.5. The summed E-state index contributed by atoms with van der Waals surface area (Å²) in [4.78, 5) is 2.39. The minimum Gasteiger partial charge on any atom is -0.495 e. The van der Waals surface area contributed by atoms with Gasteiger partial charge in [-0.2, -0.15) is 0 Å². The SMILES string of the molecule is COc1ccccc1N(C[C@@H](O)CN1CCC(C)CC1)S(=O)(=O)c1ccccc1. The van der Waals surface area contributed by atoms with E-state index >= 15 is 0 Å². The molecule has 0 saturated carbocycles. The molecule has 2 aromatic carbocycles. The minimum atomic E-state index is -3.86. The van der Waals surface area contributed by atoms with Gasteiger partial charge in [0.1, 0.15) is 5.75 Å². The van der Waals surface area contributed by atoms with Crippen LogP contribution >= 0.6 is 0 Å². The summed E-state index contributed by atoms with van der Waals surface area (Å²) in [5.74, 6) is 1.15. The number of likely N-dealkylation sites (tertiary alicyclic amines) is 1. The van der Waals surface area contributed by atoms with Gasteiger partial charge in [-0.25, -0.2) is 8.42 Å². The van der Waals surface area contributed by atoms with Crippen molar-refractivity contribution in [1.82, 2.24) is 4.90 Å². The number of aliphatic hydroxyl groups is 1. The van der Waals surface area contributed by atoms with Gasteiger partial charge in [-0.3, -0.25) is 4.31 Å². The van der Waals surface area contributed by atoms with E-state index in [1.807, 2.05) is 0 Å². The highest BCUT2D eigenvalue weighted by Gasteiger charge is 2.30. The van der Waals surface area contributed by atoms with Crippen LogP contribution in [0.3, 0.4) is 0 Å². The molecule has 0 aromatic heterocycles. The number of anilines is 1. The third-order valence-corrected chi connectivity index (χ3v) is 7.20. The van der Waals surface area contributed by atoms with Crippen molar-refractivity contribution in [3.8, 4) is 5.75 Å². The Bertz CT molecular complexity index is 881. The van der Waals surface area contributed by atoms with Crippen LogP contribution in [0, 0.1) is 5.92 Å². The molecule has 7 heteroatoms. The maximum absolute atomic E-state index is 13.4. The van der Waals surface area contributed by atoms with Crippen LogP contribution in [0.1, 0.15) is 19.8 Å². The number of hydrogen-bond donors (Lipinski definition) is 1. The molecule has 1 N–H and O–H groups in total. The Hall–Kier alpha value is -2.09. The number of methoxy groups -OCH3 is 1. The van der Waals surface area contributed by atoms with Gasteiger partial charge in [0.2, 0.25) is 0 Å². The summed E-state index contributed by atoms with van der Waals surface area (Å²) in [6.07, 6.45) is 1.39. The third kappa shape index (κ3) is 5.29. The monoisotopic (exact) mass is 418 g/mol. The van der Waals surface area contributed by atoms with Crippen LogP contribution in [0.15, 0.2) is 59.5 Å². The Labute approximate surface area is 173 Å². The van der Waals surface area contributed by atoms with Gasteiger partial charge in [-0.15, -0.1) is 0 Å². The lowest BCUT2D eigenvalue weighted by molar-refractivity contribution is 0.0970. The van der Waals surface area contributed by atoms with E-state index < -0.39 is 16.1 Å². The lowest BCUT2D eigenvalue weighted by atomic mass is 9.99. The number of β-amino-alcohol motifs (C(OH)–C–C–N with tert-alkyl or cyclic N) is 1. The molecule has 29 heavy (non-hydrogen) atoms. The van der Waals surface area contributed by atoms with Crippen LogP contribution in [0.25, 0.3) is 0 Å². The highest BCUT2D eigenvalue weighted by molar-refractivity contribution is 7.92. The van der Waals surface area contributed by atoms with Crippen molar-refractivity contribution in [2.24, 2.45) is 5.92 Å². The van der Waals surface area contributed by atoms with Crippen molar-refractivity contribution in [1.29, 1.82) is 0 Å². The zero-order valence-corrected chi connectivity index (χ0v) is 17.9. The quantitative estimate of drug-likeness (QED) is 0.714. The normalized spacial score (nSPS) is 17.1. The molecule has 1 atom stereocenters. The van der Waals surface area contributed by atoms with E-state index in [2.05, 4.69) is 11.8 Å². The molecule has 0 unspecified atom stereocenters. The number of benzene rings is 2. The first-order valence-electron chi connectivity index (χ1n) is 10.0. The van der Waals surface area contributed by atoms with Crippen molar-refractivity contribution in [3.05, 3.63) is 54.6 Å². The highest BCUT2D eigenvalue weighted by atomic mass is 32.2. The summed E-state index contributed by atoms with van der Waals surface area (Å²) in [6, 6.07) is 15.3. The topological polar surface area (TPSA) is 70.1 Å². The second-order valence-electron chi connectivity index (χ2n) is 7.66. The van der Waals surface area contributed by atoms with Gasteiger partial charge < -0.3 is 14.7 Å². The number of aliphatic hydroxyl groups excluding tert-OH is 1. The van der Waals surface area contributed by atoms with Crippen LogP contribution in [0.5, 0.6) is 5.75 Å². The lowest BCUT2D eigenvalue weighted by Gasteiger charge is -2.33. The van der Waals surface area contributed by atoms with Crippen LogP contribution < -0.4 is 9.04 Å². The van der Waals surface area contributed by atoms with Gasteiger partial charge >= 0.3 is 0 Å². The molecule has 1 fully saturated rings. The molecule has 0 radical (unpaired) electrons. The molecule has 0 spiro atoms. The van der Waals surface area contributed by atoms with Gasteiger partial charge in [0.05, 0.1) is 30.3 Å². The molecule has 2 aromatic rings. The number of hydrogen-bond acceptors (Lipinski definition) is 5. The highest BCUT2D eigenvalue weighted by Crippen LogP contribution is 2.32. The third-order valence-electron chi connectivity index (χ3n) is 5.41. The molecule has 0 amide bonds. The standard InChI is InChI=1S/C22H30N2O4S/c1-18-12-14-23(15-13-18)16-19(25)17-24(21-10-6-7-11-22(21)28-2)29(26,27)20-8-4-3-5-9-20/h3-11,18-19,25H,12-17H2,1-2H3/t19-/m0/s1. The Morgan fingerprint density at radius 1 is 1.10 bits per heavy atom. The maximum Gasteiger partial charge on any atom is 0.264 e. The van der Waals surface area contributed by atoms with Gasteiger partial charge in [-0.05, 0) is 56.1 Å². The van der Waals surface area contributed by atoms with Gasteiger partial charge in [-0.1, -0.05) is 37.3 Å². The molecular weight excluding hydrogens is 388 g/mol. The summed E-state index contributed by atoms with van der Waals surface area (Å²) in [5.41, 5.74) is 0.421. The summed E-state index contributed by atoms with van der Waals surface area (Å²) in [7, 11) is -2.35. The van der Waals surface area contributed by atoms with Crippen LogP contribution in [-0.2, 0) is 10.0 Å². The van der Waals surface area contributed by atoms with E-state index in [0.29, 0.717) is 23.9 Å². The molecule has 6 nitrogen and oxygen atoms in total. The Balaban J connectivity index is 1.87. The largest absolute Gasteiger partial charge is 0.495 e. The van der Waals surface area contributed by atoms with Gasteiger partial charge in [0.15, 0.2) is 0 Å². The van der Waals surface area contributed by atoms with Gasteiger partial charge in [0, 0.05) is 6.54 Å². The first kappa shape index (κ1) is 21.6. The molecular formula is C22H30N2O4S. The van der Waals surface area contributed by atoms with E-state index in [1.54, 1.807) is 54.6 Å². The minimum absolute atomic E-state index is 0.0380. The van der Waals surface area contributed by atoms with Crippen molar-refractivity contribution in [3.63, 3.8) is 0 Å². The van der Waals surface area contributed by atoms with Crippen molar-refractivity contribution < 1.29 is 18.3 Å². The fourth-order valence-corrected chi connectivity index (χ4v) is 5.21. The molecule has 1 aliphatic heterocycles. The molecule has 1 aliphatic rings. The Morgan fingerprint density at radius 2 is 1.72 bits per heavy atom. The molecule has 1 heterocycles. The molecule has 0 aliphatic carbocycles. The summed E-state index contributed by atoms with van der Waals surface area (Å²) < 4.78 is 33.5. The van der Waals surface area contributed by atoms with Crippen LogP contribution in [-0.4, -0.2) is 57.8 Å². The molecule has 158 valence electrons. The number of ether oxygens (including phenoxy) is 1. The summed E-state index contributed by atoms with van der Waals surface area (Å²) in [5, 5.41) is 10.8. The molecule has 3 rings (SSSR count). The second-order valence-corrected chi connectivity index (χ2v) is 9.52. The first-order chi connectivity index (χ1) is 13.9. The predicted octanol–water partition coefficient (Wildman–Crippen LogP) is 2.98. The lowest BCUT2D eigenvalue weighted by Crippen LogP contribution is -2.45. The Kier molecular flexibility index (Phi) is 7.16. The average molecular weight is 419 g/mol. The van der Waals surface area contributed by atoms with Crippen molar-refractivity contribution >= 4 is 15.7 Å². The molecule has 0 bridgehead atoms. The summed E-state index contributed by atoms with van der Waals surface area (Å²) in [6.45, 7) is 4.51. The van der Waals surface area contributed by atoms with E-state index in [-0.39, 0.29) is 11.4 Å². The molecule has 1 saturated heterocycles. The fourth-order valence-electron chi connectivity index (χ4n) is 3.67. The average Bonchev–Trinajstić information content (AvgIpc) is 2.74. The fraction of sp³-hybridized carbons (Fsp3) is 0.455. The van der Waals surface area contributed by atoms with E-state index in [4.69, 9.17) is 4.74 Å².